The van der Waals surface area contributed by atoms with E-state index in [1.807, 2.05) is 38.1 Å². The van der Waals surface area contributed by atoms with E-state index in [-0.39, 0.29) is 6.10 Å². The van der Waals surface area contributed by atoms with Crippen LogP contribution in [0.1, 0.15) is 31.5 Å². The number of anilines is 1. The number of nitrogens with two attached hydrogens (primary N) is 1. The van der Waals surface area contributed by atoms with Gasteiger partial charge >= 0.3 is 0 Å². The average Bonchev–Trinajstić information content (AvgIpc) is 3.07. The minimum atomic E-state index is -0.569. The van der Waals surface area contributed by atoms with Crippen molar-refractivity contribution in [1.29, 1.82) is 0 Å². The number of aromatic nitrogens is 1. The maximum Gasteiger partial charge on any atom is 0.214 e. The standard InChI is InChI=1S/C23H28N2O4/c1-15-4-5-18(24)12-20(15)17-10-21(16-6-8-26-9-7-16)25-22(11-17)27-13-19-14-28-23(2,3)29-19/h4-6,10-12,19H,7-9,13-14,24H2,1-3H3/t19-/m0/s1. The number of rotatable bonds is 5. The number of aryl methyl sites for hydroxylation is 1. The summed E-state index contributed by atoms with van der Waals surface area (Å²) >= 11 is 0. The molecule has 3 heterocycles. The smallest absolute Gasteiger partial charge is 0.214 e. The lowest BCUT2D eigenvalue weighted by Crippen LogP contribution is -2.25. The number of hydrogen-bond acceptors (Lipinski definition) is 6. The Bertz CT molecular complexity index is 923. The van der Waals surface area contributed by atoms with E-state index in [1.165, 1.54) is 5.57 Å². The maximum absolute atomic E-state index is 6.05. The first kappa shape index (κ1) is 19.9. The third kappa shape index (κ3) is 4.78. The van der Waals surface area contributed by atoms with Crippen LogP contribution in [-0.2, 0) is 14.2 Å². The summed E-state index contributed by atoms with van der Waals surface area (Å²) in [4.78, 5) is 4.76. The SMILES string of the molecule is Cc1ccc(N)cc1-c1cc(OC[C@H]2COC(C)(C)O2)nc(C2=CCOCC2)c1. The Morgan fingerprint density at radius 3 is 2.83 bits per heavy atom. The second kappa shape index (κ2) is 8.14. The molecule has 154 valence electrons. The van der Waals surface area contributed by atoms with Crippen molar-refractivity contribution in [2.45, 2.75) is 39.1 Å². The fourth-order valence-corrected chi connectivity index (χ4v) is 3.63. The lowest BCUT2D eigenvalue weighted by Gasteiger charge is -2.18. The van der Waals surface area contributed by atoms with Gasteiger partial charge in [0.2, 0.25) is 5.88 Å². The van der Waals surface area contributed by atoms with Crippen LogP contribution in [0.25, 0.3) is 16.7 Å². The summed E-state index contributed by atoms with van der Waals surface area (Å²) in [5.41, 5.74) is 12.1. The number of pyridine rings is 1. The molecule has 0 spiro atoms. The Kier molecular flexibility index (Phi) is 5.58. The van der Waals surface area contributed by atoms with Crippen LogP contribution in [-0.4, -0.2) is 43.3 Å². The third-order valence-electron chi connectivity index (χ3n) is 5.15. The zero-order valence-corrected chi connectivity index (χ0v) is 17.2. The van der Waals surface area contributed by atoms with Crippen LogP contribution in [0, 0.1) is 6.92 Å². The first-order chi connectivity index (χ1) is 13.9. The monoisotopic (exact) mass is 396 g/mol. The van der Waals surface area contributed by atoms with Crippen LogP contribution < -0.4 is 10.5 Å². The summed E-state index contributed by atoms with van der Waals surface area (Å²) in [7, 11) is 0. The number of ether oxygens (including phenoxy) is 4. The van der Waals surface area contributed by atoms with E-state index in [1.54, 1.807) is 0 Å². The molecule has 0 amide bonds. The van der Waals surface area contributed by atoms with Crippen LogP contribution in [0.5, 0.6) is 5.88 Å². The first-order valence-electron chi connectivity index (χ1n) is 10.00. The van der Waals surface area contributed by atoms with Crippen molar-refractivity contribution in [3.63, 3.8) is 0 Å². The largest absolute Gasteiger partial charge is 0.475 e. The Balaban J connectivity index is 1.65. The summed E-state index contributed by atoms with van der Waals surface area (Å²) in [6.45, 7) is 8.10. The Morgan fingerprint density at radius 2 is 2.10 bits per heavy atom. The number of hydrogen-bond donors (Lipinski definition) is 1. The molecule has 1 saturated heterocycles. The molecular formula is C23H28N2O4. The molecule has 2 aromatic rings. The predicted octanol–water partition coefficient (Wildman–Crippen LogP) is 3.97. The lowest BCUT2D eigenvalue weighted by atomic mass is 9.97. The quantitative estimate of drug-likeness (QED) is 0.771. The van der Waals surface area contributed by atoms with Crippen molar-refractivity contribution in [3.05, 3.63) is 47.7 Å². The molecule has 0 aliphatic carbocycles. The van der Waals surface area contributed by atoms with E-state index in [9.17, 15) is 0 Å². The highest BCUT2D eigenvalue weighted by Crippen LogP contribution is 2.32. The summed E-state index contributed by atoms with van der Waals surface area (Å²) in [5, 5.41) is 0. The van der Waals surface area contributed by atoms with Gasteiger partial charge in [-0.25, -0.2) is 4.98 Å². The van der Waals surface area contributed by atoms with E-state index >= 15 is 0 Å². The number of benzene rings is 1. The molecule has 0 saturated carbocycles. The zero-order valence-electron chi connectivity index (χ0n) is 17.2. The van der Waals surface area contributed by atoms with Crippen molar-refractivity contribution < 1.29 is 18.9 Å². The Morgan fingerprint density at radius 1 is 1.24 bits per heavy atom. The fraction of sp³-hybridized carbons (Fsp3) is 0.435. The summed E-state index contributed by atoms with van der Waals surface area (Å²) in [5.74, 6) is 0.0000709. The highest BCUT2D eigenvalue weighted by molar-refractivity contribution is 5.75. The molecular weight excluding hydrogens is 368 g/mol. The topological polar surface area (TPSA) is 75.8 Å². The van der Waals surface area contributed by atoms with Gasteiger partial charge in [-0.1, -0.05) is 12.1 Å². The fourth-order valence-electron chi connectivity index (χ4n) is 3.63. The minimum absolute atomic E-state index is 0.115. The third-order valence-corrected chi connectivity index (χ3v) is 5.15. The average molecular weight is 396 g/mol. The second-order valence-electron chi connectivity index (χ2n) is 7.97. The molecule has 2 aliphatic heterocycles. The van der Waals surface area contributed by atoms with Gasteiger partial charge in [0.25, 0.3) is 0 Å². The molecule has 2 N–H and O–H groups in total. The molecule has 0 unspecified atom stereocenters. The van der Waals surface area contributed by atoms with Gasteiger partial charge in [-0.15, -0.1) is 0 Å². The molecule has 6 heteroatoms. The molecule has 4 rings (SSSR count). The lowest BCUT2D eigenvalue weighted by molar-refractivity contribution is -0.141. The van der Waals surface area contributed by atoms with Crippen LogP contribution in [0.2, 0.25) is 0 Å². The van der Waals surface area contributed by atoms with Gasteiger partial charge in [-0.2, -0.15) is 0 Å². The van der Waals surface area contributed by atoms with Gasteiger partial charge in [0.05, 0.1) is 25.5 Å². The van der Waals surface area contributed by atoms with Crippen LogP contribution in [0.3, 0.4) is 0 Å². The van der Waals surface area contributed by atoms with Gasteiger partial charge in [0.15, 0.2) is 5.79 Å². The van der Waals surface area contributed by atoms with Crippen molar-refractivity contribution in [3.8, 4) is 17.0 Å². The van der Waals surface area contributed by atoms with Crippen molar-refractivity contribution in [2.75, 3.05) is 32.2 Å². The first-order valence-corrected chi connectivity index (χ1v) is 10.00. The van der Waals surface area contributed by atoms with Gasteiger partial charge < -0.3 is 24.7 Å². The molecule has 0 bridgehead atoms. The molecule has 6 nitrogen and oxygen atoms in total. The zero-order chi connectivity index (χ0) is 20.4. The number of nitrogens with zero attached hydrogens (tertiary/aromatic N) is 1. The van der Waals surface area contributed by atoms with Crippen LogP contribution >= 0.6 is 0 Å². The normalized spacial score (nSPS) is 21.1. The molecule has 0 radical (unpaired) electrons. The summed E-state index contributed by atoms with van der Waals surface area (Å²) in [6, 6.07) is 10.0. The van der Waals surface area contributed by atoms with Crippen molar-refractivity contribution >= 4 is 11.3 Å². The van der Waals surface area contributed by atoms with Crippen LogP contribution in [0.4, 0.5) is 5.69 Å². The van der Waals surface area contributed by atoms with E-state index < -0.39 is 5.79 Å². The minimum Gasteiger partial charge on any atom is -0.475 e. The molecule has 2 aliphatic rings. The van der Waals surface area contributed by atoms with Gasteiger partial charge in [0.1, 0.15) is 12.7 Å². The van der Waals surface area contributed by atoms with Crippen molar-refractivity contribution in [1.82, 2.24) is 4.98 Å². The Hall–Kier alpha value is -2.41. The van der Waals surface area contributed by atoms with E-state index in [0.717, 1.165) is 34.5 Å². The van der Waals surface area contributed by atoms with Gasteiger partial charge in [-0.05, 0) is 67.7 Å². The Labute approximate surface area is 171 Å². The highest BCUT2D eigenvalue weighted by atomic mass is 16.7. The van der Waals surface area contributed by atoms with E-state index in [4.69, 9.17) is 29.7 Å². The molecule has 1 atom stereocenters. The summed E-state index contributed by atoms with van der Waals surface area (Å²) < 4.78 is 23.0. The second-order valence-corrected chi connectivity index (χ2v) is 7.97. The summed E-state index contributed by atoms with van der Waals surface area (Å²) in [6.07, 6.45) is 2.80. The molecule has 1 aromatic heterocycles. The maximum atomic E-state index is 6.05. The van der Waals surface area contributed by atoms with Crippen LogP contribution in [0.15, 0.2) is 36.4 Å². The molecule has 29 heavy (non-hydrogen) atoms. The van der Waals surface area contributed by atoms with Gasteiger partial charge in [0, 0.05) is 11.8 Å². The highest BCUT2D eigenvalue weighted by Gasteiger charge is 2.33. The van der Waals surface area contributed by atoms with Gasteiger partial charge in [-0.3, -0.25) is 0 Å². The van der Waals surface area contributed by atoms with Crippen molar-refractivity contribution in [2.24, 2.45) is 0 Å². The predicted molar refractivity (Wildman–Crippen MR) is 113 cm³/mol. The van der Waals surface area contributed by atoms with E-state index in [2.05, 4.69) is 19.1 Å². The molecule has 1 aromatic carbocycles. The number of nitrogen functional groups attached to an aromatic ring is 1. The molecule has 1 fully saturated rings. The van der Waals surface area contributed by atoms with E-state index in [0.29, 0.717) is 32.3 Å².